The molecule has 0 unspecified atom stereocenters. The van der Waals surface area contributed by atoms with Gasteiger partial charge in [-0.1, -0.05) is 0 Å². The molecule has 1 fully saturated rings. The highest BCUT2D eigenvalue weighted by Gasteiger charge is 2.26. The van der Waals surface area contributed by atoms with Crippen LogP contribution in [0.15, 0.2) is 36.9 Å². The number of carbonyl (C=O) groups is 1. The van der Waals surface area contributed by atoms with Crippen molar-refractivity contribution in [1.29, 1.82) is 0 Å². The van der Waals surface area contributed by atoms with Crippen LogP contribution in [-0.4, -0.2) is 39.3 Å². The molecule has 1 saturated carbocycles. The van der Waals surface area contributed by atoms with Crippen molar-refractivity contribution in [2.75, 3.05) is 19.0 Å². The molecule has 9 heteroatoms. The first-order valence-electron chi connectivity index (χ1n) is 9.39. The monoisotopic (exact) mass is 396 g/mol. The summed E-state index contributed by atoms with van der Waals surface area (Å²) in [6, 6.07) is 4.66. The first-order chi connectivity index (χ1) is 14.1. The molecule has 1 aliphatic carbocycles. The Kier molecular flexibility index (Phi) is 5.11. The Hall–Kier alpha value is -3.49. The third kappa shape index (κ3) is 3.89. The third-order valence-electron chi connectivity index (χ3n) is 4.60. The van der Waals surface area contributed by atoms with E-state index in [9.17, 15) is 9.18 Å². The summed E-state index contributed by atoms with van der Waals surface area (Å²) in [7, 11) is 1.50. The number of pyridine rings is 1. The minimum atomic E-state index is -0.473. The van der Waals surface area contributed by atoms with Gasteiger partial charge in [-0.15, -0.1) is 0 Å². The fourth-order valence-electron chi connectivity index (χ4n) is 3.07. The van der Waals surface area contributed by atoms with Crippen molar-refractivity contribution in [2.24, 2.45) is 0 Å². The Labute approximate surface area is 167 Å². The lowest BCUT2D eigenvalue weighted by Crippen LogP contribution is -2.23. The molecule has 0 aliphatic heterocycles. The van der Waals surface area contributed by atoms with Gasteiger partial charge in [0.15, 0.2) is 11.6 Å². The summed E-state index contributed by atoms with van der Waals surface area (Å²) in [6.07, 6.45) is 6.80. The van der Waals surface area contributed by atoms with Crippen LogP contribution >= 0.6 is 0 Å². The second-order valence-corrected chi connectivity index (χ2v) is 6.72. The molecule has 0 saturated heterocycles. The van der Waals surface area contributed by atoms with Gasteiger partial charge in [0.25, 0.3) is 5.91 Å². The number of anilines is 2. The van der Waals surface area contributed by atoms with E-state index in [1.54, 1.807) is 23.3 Å². The maximum atomic E-state index is 14.4. The lowest BCUT2D eigenvalue weighted by Gasteiger charge is -2.16. The predicted molar refractivity (Wildman–Crippen MR) is 106 cm³/mol. The maximum Gasteiger partial charge on any atom is 0.254 e. The first kappa shape index (κ1) is 18.9. The van der Waals surface area contributed by atoms with Gasteiger partial charge >= 0.3 is 0 Å². The van der Waals surface area contributed by atoms with Gasteiger partial charge in [-0.2, -0.15) is 5.10 Å². The van der Waals surface area contributed by atoms with Gasteiger partial charge in [0, 0.05) is 25.0 Å². The number of benzene rings is 1. The molecular weight excluding hydrogens is 375 g/mol. The van der Waals surface area contributed by atoms with Crippen LogP contribution < -0.4 is 15.4 Å². The second kappa shape index (κ2) is 7.86. The first-order valence-corrected chi connectivity index (χ1v) is 9.39. The Bertz CT molecular complexity index is 1050. The number of hydrogen-bond donors (Lipinski definition) is 2. The molecular formula is C20H21FN6O2. The molecule has 0 atom stereocenters. The van der Waals surface area contributed by atoms with Gasteiger partial charge in [-0.05, 0) is 31.9 Å². The van der Waals surface area contributed by atoms with Crippen LogP contribution in [0, 0.1) is 5.82 Å². The highest BCUT2D eigenvalue weighted by atomic mass is 19.1. The Balaban J connectivity index is 1.73. The van der Waals surface area contributed by atoms with Crippen molar-refractivity contribution in [3.8, 4) is 17.1 Å². The topological polar surface area (TPSA) is 94.0 Å². The van der Waals surface area contributed by atoms with Gasteiger partial charge in [0.1, 0.15) is 12.1 Å². The number of halogens is 1. The van der Waals surface area contributed by atoms with Crippen LogP contribution in [0.25, 0.3) is 11.4 Å². The number of methoxy groups -OCH3 is 1. The van der Waals surface area contributed by atoms with Crippen LogP contribution in [0.1, 0.15) is 36.2 Å². The predicted octanol–water partition coefficient (Wildman–Crippen LogP) is 3.32. The van der Waals surface area contributed by atoms with Crippen molar-refractivity contribution in [1.82, 2.24) is 25.1 Å². The quantitative estimate of drug-likeness (QED) is 0.636. The van der Waals surface area contributed by atoms with Crippen molar-refractivity contribution >= 4 is 17.3 Å². The van der Waals surface area contributed by atoms with Crippen molar-refractivity contribution in [3.05, 3.63) is 48.3 Å². The molecule has 1 aliphatic rings. The number of nitrogens with one attached hydrogen (secondary N) is 2. The minimum absolute atomic E-state index is 0.275. The summed E-state index contributed by atoms with van der Waals surface area (Å²) in [5.41, 5.74) is 1.63. The molecule has 0 bridgehead atoms. The average Bonchev–Trinajstić information content (AvgIpc) is 3.45. The normalized spacial score (nSPS) is 13.2. The summed E-state index contributed by atoms with van der Waals surface area (Å²) >= 11 is 0. The number of amides is 1. The summed E-state index contributed by atoms with van der Waals surface area (Å²) in [5, 5.41) is 10.3. The SMILES string of the molecule is CCNC(=O)c1cnccc1Nc1cc(F)cc(-c2ncn(C3CC3)n2)c1OC. The largest absolute Gasteiger partial charge is 0.494 e. The Morgan fingerprint density at radius 2 is 2.17 bits per heavy atom. The number of rotatable bonds is 7. The van der Waals surface area contributed by atoms with Gasteiger partial charge in [0.05, 0.1) is 35.7 Å². The molecule has 29 heavy (non-hydrogen) atoms. The number of carbonyl (C=O) groups excluding carboxylic acids is 1. The summed E-state index contributed by atoms with van der Waals surface area (Å²) in [5.74, 6) is 0.0248. The summed E-state index contributed by atoms with van der Waals surface area (Å²) < 4.78 is 21.8. The lowest BCUT2D eigenvalue weighted by molar-refractivity contribution is 0.0956. The van der Waals surface area contributed by atoms with Crippen LogP contribution in [0.2, 0.25) is 0 Å². The fourth-order valence-corrected chi connectivity index (χ4v) is 3.07. The molecule has 0 radical (unpaired) electrons. The highest BCUT2D eigenvalue weighted by Crippen LogP contribution is 2.39. The lowest BCUT2D eigenvalue weighted by atomic mass is 10.1. The Morgan fingerprint density at radius 3 is 2.90 bits per heavy atom. The molecule has 1 amide bonds. The van der Waals surface area contributed by atoms with Crippen molar-refractivity contribution in [2.45, 2.75) is 25.8 Å². The number of nitrogens with zero attached hydrogens (tertiary/aromatic N) is 4. The van der Waals surface area contributed by atoms with Crippen LogP contribution in [-0.2, 0) is 0 Å². The van der Waals surface area contributed by atoms with Crippen LogP contribution in [0.5, 0.6) is 5.75 Å². The molecule has 1 aromatic carbocycles. The molecule has 3 aromatic rings. The van der Waals surface area contributed by atoms with E-state index in [-0.39, 0.29) is 5.91 Å². The van der Waals surface area contributed by atoms with E-state index in [2.05, 4.69) is 25.7 Å². The maximum absolute atomic E-state index is 14.4. The zero-order valence-electron chi connectivity index (χ0n) is 16.1. The van der Waals surface area contributed by atoms with E-state index in [1.165, 1.54) is 25.4 Å². The number of hydrogen-bond acceptors (Lipinski definition) is 6. The molecule has 2 aromatic heterocycles. The van der Waals surface area contributed by atoms with Gasteiger partial charge in [0.2, 0.25) is 0 Å². The molecule has 2 heterocycles. The number of ether oxygens (including phenoxy) is 1. The van der Waals surface area contributed by atoms with E-state index in [1.807, 2.05) is 6.92 Å². The summed E-state index contributed by atoms with van der Waals surface area (Å²) in [6.45, 7) is 2.31. The van der Waals surface area contributed by atoms with E-state index in [0.717, 1.165) is 12.8 Å². The summed E-state index contributed by atoms with van der Waals surface area (Å²) in [4.78, 5) is 20.6. The average molecular weight is 396 g/mol. The highest BCUT2D eigenvalue weighted by molar-refractivity contribution is 6.00. The minimum Gasteiger partial charge on any atom is -0.494 e. The van der Waals surface area contributed by atoms with Gasteiger partial charge in [-0.25, -0.2) is 14.1 Å². The fraction of sp³-hybridized carbons (Fsp3) is 0.300. The third-order valence-corrected chi connectivity index (χ3v) is 4.60. The molecule has 8 nitrogen and oxygen atoms in total. The van der Waals surface area contributed by atoms with Crippen LogP contribution in [0.3, 0.4) is 0 Å². The second-order valence-electron chi connectivity index (χ2n) is 6.72. The van der Waals surface area contributed by atoms with Crippen molar-refractivity contribution in [3.63, 3.8) is 0 Å². The molecule has 150 valence electrons. The van der Waals surface area contributed by atoms with E-state index in [4.69, 9.17) is 4.74 Å². The zero-order valence-corrected chi connectivity index (χ0v) is 16.1. The van der Waals surface area contributed by atoms with E-state index < -0.39 is 5.82 Å². The standard InChI is InChI=1S/C20H21FN6O2/c1-3-23-20(28)15-10-22-7-6-16(15)25-17-9-12(21)8-14(18(17)29-2)19-24-11-27(26-19)13-4-5-13/h6-11,13H,3-5H2,1-2H3,(H,22,25)(H,23,28). The van der Waals surface area contributed by atoms with E-state index in [0.29, 0.717) is 46.7 Å². The molecule has 0 spiro atoms. The molecule has 2 N–H and O–H groups in total. The smallest absolute Gasteiger partial charge is 0.254 e. The van der Waals surface area contributed by atoms with E-state index >= 15 is 0 Å². The number of aromatic nitrogens is 4. The van der Waals surface area contributed by atoms with Crippen LogP contribution in [0.4, 0.5) is 15.8 Å². The van der Waals surface area contributed by atoms with Gasteiger partial charge in [-0.3, -0.25) is 9.78 Å². The Morgan fingerprint density at radius 1 is 1.34 bits per heavy atom. The zero-order chi connectivity index (χ0) is 20.4. The van der Waals surface area contributed by atoms with Crippen molar-refractivity contribution < 1.29 is 13.9 Å². The molecule has 4 rings (SSSR count). The van der Waals surface area contributed by atoms with Gasteiger partial charge < -0.3 is 15.4 Å².